The molecule has 0 aromatic heterocycles. The highest BCUT2D eigenvalue weighted by Crippen LogP contribution is 2.35. The van der Waals surface area contributed by atoms with Gasteiger partial charge >= 0.3 is 0 Å². The number of hydrogen-bond donors (Lipinski definition) is 1. The van der Waals surface area contributed by atoms with Gasteiger partial charge in [0.25, 0.3) is 11.8 Å². The maximum absolute atomic E-state index is 13.1. The molecule has 1 aliphatic carbocycles. The first-order chi connectivity index (χ1) is 15.2. The number of rotatable bonds is 6. The van der Waals surface area contributed by atoms with Crippen LogP contribution in [-0.2, 0) is 6.42 Å². The molecule has 0 unspecified atom stereocenters. The Bertz CT molecular complexity index is 890. The van der Waals surface area contributed by atoms with Crippen molar-refractivity contribution in [1.29, 1.82) is 0 Å². The monoisotopic (exact) mass is 420 g/mol. The van der Waals surface area contributed by atoms with Crippen molar-refractivity contribution in [1.82, 2.24) is 10.2 Å². The second kappa shape index (κ2) is 9.99. The number of hydrogen-bond acceptors (Lipinski definition) is 3. The van der Waals surface area contributed by atoms with Gasteiger partial charge < -0.3 is 15.0 Å². The summed E-state index contributed by atoms with van der Waals surface area (Å²) in [5, 5.41) is 2.96. The average Bonchev–Trinajstić information content (AvgIpc) is 2.83. The Balaban J connectivity index is 1.31. The van der Waals surface area contributed by atoms with Crippen LogP contribution in [0.1, 0.15) is 64.8 Å². The number of nitrogens with zero attached hydrogens (tertiary/aromatic N) is 1. The van der Waals surface area contributed by atoms with Crippen LogP contribution in [0.4, 0.5) is 0 Å². The van der Waals surface area contributed by atoms with Crippen molar-refractivity contribution in [2.24, 2.45) is 5.92 Å². The smallest absolute Gasteiger partial charge is 0.254 e. The molecule has 1 aliphatic heterocycles. The molecule has 1 saturated carbocycles. The number of fused-ring (bicyclic) bond motifs is 1. The zero-order chi connectivity index (χ0) is 21.6. The standard InChI is InChI=1S/C26H32N2O3/c1-31-23-14-8-19(9-15-23)16-17-27-25(29)21-10-12-22(13-11-21)26(30)28-18-4-6-20-5-2-3-7-24(20)28/h8-15,20,24H,2-7,16-18H2,1H3,(H,27,29)/t20-,24-/m0/s1. The van der Waals surface area contributed by atoms with Gasteiger partial charge in [-0.3, -0.25) is 9.59 Å². The second-order valence-corrected chi connectivity index (χ2v) is 8.68. The fourth-order valence-corrected chi connectivity index (χ4v) is 5.02. The van der Waals surface area contributed by atoms with Crippen LogP contribution < -0.4 is 10.1 Å². The van der Waals surface area contributed by atoms with E-state index in [2.05, 4.69) is 10.2 Å². The summed E-state index contributed by atoms with van der Waals surface area (Å²) in [4.78, 5) is 27.7. The lowest BCUT2D eigenvalue weighted by Gasteiger charge is -2.44. The predicted octanol–water partition coefficient (Wildman–Crippen LogP) is 4.46. The first-order valence-corrected chi connectivity index (χ1v) is 11.5. The van der Waals surface area contributed by atoms with Crippen molar-refractivity contribution in [2.45, 2.75) is 51.0 Å². The molecular weight excluding hydrogens is 388 g/mol. The van der Waals surface area contributed by atoms with Crippen molar-refractivity contribution in [3.05, 3.63) is 65.2 Å². The molecule has 0 spiro atoms. The summed E-state index contributed by atoms with van der Waals surface area (Å²) in [6.45, 7) is 1.41. The highest BCUT2D eigenvalue weighted by molar-refractivity contribution is 5.98. The molecule has 5 heteroatoms. The molecule has 5 nitrogen and oxygen atoms in total. The first kappa shape index (κ1) is 21.4. The van der Waals surface area contributed by atoms with E-state index in [1.54, 1.807) is 31.4 Å². The molecule has 1 heterocycles. The van der Waals surface area contributed by atoms with Crippen LogP contribution in [0.2, 0.25) is 0 Å². The number of piperidine rings is 1. The fourth-order valence-electron chi connectivity index (χ4n) is 5.02. The third-order valence-corrected chi connectivity index (χ3v) is 6.76. The van der Waals surface area contributed by atoms with E-state index in [0.29, 0.717) is 29.6 Å². The Labute approximate surface area is 184 Å². The van der Waals surface area contributed by atoms with Gasteiger partial charge in [0.05, 0.1) is 7.11 Å². The van der Waals surface area contributed by atoms with Crippen LogP contribution in [0, 0.1) is 5.92 Å². The van der Waals surface area contributed by atoms with Crippen LogP contribution in [0.15, 0.2) is 48.5 Å². The van der Waals surface area contributed by atoms with E-state index in [9.17, 15) is 9.59 Å². The van der Waals surface area contributed by atoms with Crippen LogP contribution in [0.5, 0.6) is 5.75 Å². The van der Waals surface area contributed by atoms with Crippen molar-refractivity contribution in [3.63, 3.8) is 0 Å². The van der Waals surface area contributed by atoms with Crippen molar-refractivity contribution in [2.75, 3.05) is 20.2 Å². The fraction of sp³-hybridized carbons (Fsp3) is 0.462. The molecule has 1 N–H and O–H groups in total. The molecular formula is C26H32N2O3. The molecule has 2 aromatic carbocycles. The third-order valence-electron chi connectivity index (χ3n) is 6.76. The van der Waals surface area contributed by atoms with Gasteiger partial charge in [0, 0.05) is 30.3 Å². The SMILES string of the molecule is COc1ccc(CCNC(=O)c2ccc(C(=O)N3CCC[C@@H]4CCCC[C@@H]43)cc2)cc1. The number of amides is 2. The van der Waals surface area contributed by atoms with Gasteiger partial charge in [-0.1, -0.05) is 25.0 Å². The molecule has 1 saturated heterocycles. The summed E-state index contributed by atoms with van der Waals surface area (Å²) in [6.07, 6.45) is 8.01. The van der Waals surface area contributed by atoms with Gasteiger partial charge in [-0.2, -0.15) is 0 Å². The van der Waals surface area contributed by atoms with Crippen molar-refractivity contribution < 1.29 is 14.3 Å². The summed E-state index contributed by atoms with van der Waals surface area (Å²) in [6, 6.07) is 15.4. The number of methoxy groups -OCH3 is 1. The van der Waals surface area contributed by atoms with Gasteiger partial charge in [-0.05, 0) is 80.0 Å². The Kier molecular flexibility index (Phi) is 6.90. The third kappa shape index (κ3) is 5.09. The molecule has 2 aliphatic rings. The van der Waals surface area contributed by atoms with Crippen LogP contribution in [0.3, 0.4) is 0 Å². The maximum Gasteiger partial charge on any atom is 0.254 e. The van der Waals surface area contributed by atoms with Gasteiger partial charge in [-0.25, -0.2) is 0 Å². The van der Waals surface area contributed by atoms with E-state index < -0.39 is 0 Å². The van der Waals surface area contributed by atoms with Crippen molar-refractivity contribution in [3.8, 4) is 5.75 Å². The summed E-state index contributed by atoms with van der Waals surface area (Å²) in [7, 11) is 1.65. The number of nitrogens with one attached hydrogen (secondary N) is 1. The van der Waals surface area contributed by atoms with Gasteiger partial charge in [0.1, 0.15) is 5.75 Å². The molecule has 0 radical (unpaired) electrons. The molecule has 0 bridgehead atoms. The molecule has 2 aromatic rings. The molecule has 31 heavy (non-hydrogen) atoms. The summed E-state index contributed by atoms with van der Waals surface area (Å²) >= 11 is 0. The van der Waals surface area contributed by atoms with E-state index in [1.807, 2.05) is 24.3 Å². The lowest BCUT2D eigenvalue weighted by atomic mass is 9.78. The van der Waals surface area contributed by atoms with Crippen LogP contribution in [-0.4, -0.2) is 43.0 Å². The zero-order valence-corrected chi connectivity index (χ0v) is 18.3. The topological polar surface area (TPSA) is 58.6 Å². The largest absolute Gasteiger partial charge is 0.497 e. The normalized spacial score (nSPS) is 20.6. The van der Waals surface area contributed by atoms with E-state index in [1.165, 1.54) is 25.7 Å². The highest BCUT2D eigenvalue weighted by Gasteiger charge is 2.35. The van der Waals surface area contributed by atoms with E-state index in [-0.39, 0.29) is 11.8 Å². The minimum absolute atomic E-state index is 0.113. The van der Waals surface area contributed by atoms with Gasteiger partial charge in [0.15, 0.2) is 0 Å². The quantitative estimate of drug-likeness (QED) is 0.750. The second-order valence-electron chi connectivity index (χ2n) is 8.68. The van der Waals surface area contributed by atoms with Gasteiger partial charge in [0.2, 0.25) is 0 Å². The number of benzene rings is 2. The minimum atomic E-state index is -0.113. The number of likely N-dealkylation sites (tertiary alicyclic amines) is 1. The number of ether oxygens (including phenoxy) is 1. The molecule has 164 valence electrons. The lowest BCUT2D eigenvalue weighted by molar-refractivity contribution is 0.0390. The van der Waals surface area contributed by atoms with E-state index in [0.717, 1.165) is 37.1 Å². The predicted molar refractivity (Wildman–Crippen MR) is 121 cm³/mol. The van der Waals surface area contributed by atoms with Crippen LogP contribution in [0.25, 0.3) is 0 Å². The minimum Gasteiger partial charge on any atom is -0.497 e. The summed E-state index contributed by atoms with van der Waals surface area (Å²) < 4.78 is 5.16. The Morgan fingerprint density at radius 2 is 1.61 bits per heavy atom. The zero-order valence-electron chi connectivity index (χ0n) is 18.3. The Hall–Kier alpha value is -2.82. The average molecular weight is 421 g/mol. The first-order valence-electron chi connectivity index (χ1n) is 11.5. The van der Waals surface area contributed by atoms with Gasteiger partial charge in [-0.15, -0.1) is 0 Å². The summed E-state index contributed by atoms with van der Waals surface area (Å²) in [5.41, 5.74) is 2.41. The molecule has 2 amide bonds. The maximum atomic E-state index is 13.1. The number of carbonyl (C=O) groups excluding carboxylic acids is 2. The molecule has 4 rings (SSSR count). The summed E-state index contributed by atoms with van der Waals surface area (Å²) in [5.74, 6) is 1.49. The highest BCUT2D eigenvalue weighted by atomic mass is 16.5. The lowest BCUT2D eigenvalue weighted by Crippen LogP contribution is -2.49. The van der Waals surface area contributed by atoms with Crippen LogP contribution >= 0.6 is 0 Å². The Morgan fingerprint density at radius 1 is 0.935 bits per heavy atom. The molecule has 2 atom stereocenters. The Morgan fingerprint density at radius 3 is 2.35 bits per heavy atom. The number of carbonyl (C=O) groups is 2. The van der Waals surface area contributed by atoms with Crippen molar-refractivity contribution >= 4 is 11.8 Å². The van der Waals surface area contributed by atoms with E-state index >= 15 is 0 Å². The van der Waals surface area contributed by atoms with E-state index in [4.69, 9.17) is 4.74 Å². The molecule has 2 fully saturated rings.